The van der Waals surface area contributed by atoms with Crippen molar-refractivity contribution in [2.45, 2.75) is 57.3 Å². The summed E-state index contributed by atoms with van der Waals surface area (Å²) in [6.07, 6.45) is 6.95. The van der Waals surface area contributed by atoms with Crippen molar-refractivity contribution in [3.63, 3.8) is 0 Å². The average molecular weight is 354 g/mol. The van der Waals surface area contributed by atoms with Gasteiger partial charge in [-0.05, 0) is 57.2 Å². The van der Waals surface area contributed by atoms with Gasteiger partial charge in [0.25, 0.3) is 0 Å². The van der Waals surface area contributed by atoms with Crippen molar-refractivity contribution in [1.82, 2.24) is 0 Å². The summed E-state index contributed by atoms with van der Waals surface area (Å²) in [5.41, 5.74) is 1.30. The molecule has 0 aromatic rings. The third-order valence-electron chi connectivity index (χ3n) is 3.52. The molecule has 1 spiro atoms. The maximum absolute atomic E-state index is 6.16. The summed E-state index contributed by atoms with van der Waals surface area (Å²) in [6, 6.07) is 0. The minimum absolute atomic E-state index is 0.0526. The summed E-state index contributed by atoms with van der Waals surface area (Å²) < 4.78 is 12.8. The zero-order valence-electron chi connectivity index (χ0n) is 9.60. The zero-order valence-corrected chi connectivity index (χ0v) is 12.8. The molecule has 0 N–H and O–H groups in total. The van der Waals surface area contributed by atoms with Crippen molar-refractivity contribution in [1.29, 1.82) is 0 Å². The van der Waals surface area contributed by atoms with Crippen LogP contribution in [0.25, 0.3) is 0 Å². The lowest BCUT2D eigenvalue weighted by atomic mass is 9.80. The predicted octanol–water partition coefficient (Wildman–Crippen LogP) is 4.47. The van der Waals surface area contributed by atoms with E-state index in [1.54, 1.807) is 0 Å². The Morgan fingerprint density at radius 1 is 1.38 bits per heavy atom. The first-order chi connectivity index (χ1) is 7.68. The Labute approximate surface area is 114 Å². The van der Waals surface area contributed by atoms with Crippen LogP contribution in [0.3, 0.4) is 0 Å². The van der Waals surface area contributed by atoms with E-state index in [0.717, 1.165) is 22.7 Å². The summed E-state index contributed by atoms with van der Waals surface area (Å²) in [7, 11) is 0. The maximum atomic E-state index is 6.16. The highest BCUT2D eigenvalue weighted by Crippen LogP contribution is 2.49. The standard InChI is InChI=1S/C12H18Br2O2/c1-2-15-10-8-9(11(13)14)12(16-10)6-4-3-5-7-12/h10H,2-8H2,1H3. The molecule has 1 saturated carbocycles. The lowest BCUT2D eigenvalue weighted by molar-refractivity contribution is -0.170. The van der Waals surface area contributed by atoms with E-state index in [0.29, 0.717) is 6.61 Å². The fourth-order valence-corrected chi connectivity index (χ4v) is 3.83. The second kappa shape index (κ2) is 5.51. The molecule has 0 aromatic carbocycles. The maximum Gasteiger partial charge on any atom is 0.162 e. The number of halogens is 2. The molecule has 2 rings (SSSR count). The van der Waals surface area contributed by atoms with E-state index in [1.165, 1.54) is 24.8 Å². The highest BCUT2D eigenvalue weighted by molar-refractivity contribution is 9.28. The van der Waals surface area contributed by atoms with Crippen LogP contribution in [0.2, 0.25) is 0 Å². The molecule has 2 fully saturated rings. The Balaban J connectivity index is 2.18. The van der Waals surface area contributed by atoms with Crippen LogP contribution in [0.4, 0.5) is 0 Å². The van der Waals surface area contributed by atoms with Crippen LogP contribution in [0.5, 0.6) is 0 Å². The molecule has 1 aliphatic heterocycles. The van der Waals surface area contributed by atoms with E-state index in [4.69, 9.17) is 9.47 Å². The molecule has 1 unspecified atom stereocenters. The van der Waals surface area contributed by atoms with Crippen molar-refractivity contribution in [2.24, 2.45) is 0 Å². The fraction of sp³-hybridized carbons (Fsp3) is 0.833. The van der Waals surface area contributed by atoms with Gasteiger partial charge in [0.2, 0.25) is 0 Å². The number of hydrogen-bond acceptors (Lipinski definition) is 2. The summed E-state index contributed by atoms with van der Waals surface area (Å²) in [5, 5.41) is 0. The van der Waals surface area contributed by atoms with E-state index in [2.05, 4.69) is 31.9 Å². The lowest BCUT2D eigenvalue weighted by Gasteiger charge is -2.34. The number of ether oxygens (including phenoxy) is 2. The van der Waals surface area contributed by atoms with Gasteiger partial charge in [-0.3, -0.25) is 0 Å². The van der Waals surface area contributed by atoms with E-state index in [-0.39, 0.29) is 11.9 Å². The van der Waals surface area contributed by atoms with Crippen LogP contribution in [0, 0.1) is 0 Å². The van der Waals surface area contributed by atoms with Crippen LogP contribution in [-0.2, 0) is 9.47 Å². The summed E-state index contributed by atoms with van der Waals surface area (Å²) in [5.74, 6) is 0. The monoisotopic (exact) mass is 352 g/mol. The topological polar surface area (TPSA) is 18.5 Å². The molecular formula is C12H18Br2O2. The molecule has 4 heteroatoms. The molecule has 0 bridgehead atoms. The minimum atomic E-state index is -0.0551. The zero-order chi connectivity index (χ0) is 11.6. The number of hydrogen-bond donors (Lipinski definition) is 0. The van der Waals surface area contributed by atoms with Gasteiger partial charge in [-0.15, -0.1) is 0 Å². The SMILES string of the molecule is CCOC1CC(=C(Br)Br)C2(CCCCC2)O1. The van der Waals surface area contributed by atoms with E-state index in [9.17, 15) is 0 Å². The first-order valence-electron chi connectivity index (χ1n) is 6.02. The average Bonchev–Trinajstić information content (AvgIpc) is 2.59. The van der Waals surface area contributed by atoms with Crippen LogP contribution in [-0.4, -0.2) is 18.5 Å². The quantitative estimate of drug-likeness (QED) is 0.728. The van der Waals surface area contributed by atoms with Crippen LogP contribution in [0.1, 0.15) is 45.4 Å². The third-order valence-corrected chi connectivity index (χ3v) is 4.48. The molecule has 0 aromatic heterocycles. The van der Waals surface area contributed by atoms with E-state index < -0.39 is 0 Å². The van der Waals surface area contributed by atoms with Crippen molar-refractivity contribution < 1.29 is 9.47 Å². The first-order valence-corrected chi connectivity index (χ1v) is 7.60. The molecular weight excluding hydrogens is 336 g/mol. The smallest absolute Gasteiger partial charge is 0.162 e. The van der Waals surface area contributed by atoms with Gasteiger partial charge in [-0.2, -0.15) is 0 Å². The van der Waals surface area contributed by atoms with Crippen molar-refractivity contribution >= 4 is 31.9 Å². The van der Waals surface area contributed by atoms with Crippen LogP contribution < -0.4 is 0 Å². The van der Waals surface area contributed by atoms with E-state index >= 15 is 0 Å². The largest absolute Gasteiger partial charge is 0.353 e. The van der Waals surface area contributed by atoms with Gasteiger partial charge in [0, 0.05) is 13.0 Å². The van der Waals surface area contributed by atoms with E-state index in [1.807, 2.05) is 6.92 Å². The van der Waals surface area contributed by atoms with Gasteiger partial charge >= 0.3 is 0 Å². The molecule has 0 radical (unpaired) electrons. The Kier molecular flexibility index (Phi) is 4.50. The molecule has 1 heterocycles. The molecule has 1 aliphatic carbocycles. The van der Waals surface area contributed by atoms with Crippen molar-refractivity contribution in [3.05, 3.63) is 8.96 Å². The Morgan fingerprint density at radius 3 is 2.62 bits per heavy atom. The highest BCUT2D eigenvalue weighted by atomic mass is 79.9. The van der Waals surface area contributed by atoms with Gasteiger partial charge in [-0.1, -0.05) is 19.3 Å². The summed E-state index contributed by atoms with van der Waals surface area (Å²) in [6.45, 7) is 2.73. The van der Waals surface area contributed by atoms with Crippen LogP contribution >= 0.6 is 31.9 Å². The summed E-state index contributed by atoms with van der Waals surface area (Å²) >= 11 is 7.10. The lowest BCUT2D eigenvalue weighted by Crippen LogP contribution is -2.34. The van der Waals surface area contributed by atoms with Gasteiger partial charge in [0.05, 0.1) is 8.99 Å². The summed E-state index contributed by atoms with van der Waals surface area (Å²) in [4.78, 5) is 0. The number of rotatable bonds is 2. The van der Waals surface area contributed by atoms with Crippen molar-refractivity contribution in [2.75, 3.05) is 6.61 Å². The minimum Gasteiger partial charge on any atom is -0.353 e. The molecule has 2 aliphatic rings. The molecule has 0 amide bonds. The fourth-order valence-electron chi connectivity index (χ4n) is 2.79. The molecule has 1 saturated heterocycles. The first kappa shape index (κ1) is 13.1. The van der Waals surface area contributed by atoms with Gasteiger partial charge < -0.3 is 9.47 Å². The highest BCUT2D eigenvalue weighted by Gasteiger charge is 2.46. The van der Waals surface area contributed by atoms with Gasteiger partial charge in [-0.25, -0.2) is 0 Å². The molecule has 1 atom stereocenters. The van der Waals surface area contributed by atoms with Crippen LogP contribution in [0.15, 0.2) is 8.96 Å². The van der Waals surface area contributed by atoms with Gasteiger partial charge in [0.1, 0.15) is 0 Å². The normalized spacial score (nSPS) is 28.7. The van der Waals surface area contributed by atoms with Crippen molar-refractivity contribution in [3.8, 4) is 0 Å². The predicted molar refractivity (Wildman–Crippen MR) is 71.8 cm³/mol. The second-order valence-corrected chi connectivity index (χ2v) is 7.15. The van der Waals surface area contributed by atoms with Gasteiger partial charge in [0.15, 0.2) is 6.29 Å². The second-order valence-electron chi connectivity index (χ2n) is 4.50. The Morgan fingerprint density at radius 2 is 2.06 bits per heavy atom. The molecule has 16 heavy (non-hydrogen) atoms. The molecule has 2 nitrogen and oxygen atoms in total. The third kappa shape index (κ3) is 2.55. The molecule has 92 valence electrons. The Bertz CT molecular complexity index is 279. The Hall–Kier alpha value is 0.620.